The Kier molecular flexibility index (Phi) is 3.88. The van der Waals surface area contributed by atoms with Gasteiger partial charge in [-0.2, -0.15) is 0 Å². The van der Waals surface area contributed by atoms with Crippen molar-refractivity contribution in [2.45, 2.75) is 6.50 Å². The molecule has 0 spiro atoms. The maximum absolute atomic E-state index is 11.6. The summed E-state index contributed by atoms with van der Waals surface area (Å²) >= 11 is 9.52. The van der Waals surface area contributed by atoms with Gasteiger partial charge < -0.3 is 0 Å². The molecule has 12 heavy (non-hydrogen) atoms. The highest BCUT2D eigenvalue weighted by molar-refractivity contribution is 9.42. The molecule has 0 saturated carbocycles. The fraction of sp³-hybridized carbons (Fsp3) is 0.167. The van der Waals surface area contributed by atoms with Crippen molar-refractivity contribution in [3.63, 3.8) is 0 Å². The van der Waals surface area contributed by atoms with Crippen molar-refractivity contribution in [2.75, 3.05) is 0 Å². The van der Waals surface area contributed by atoms with Crippen LogP contribution in [0.4, 0.5) is 0 Å². The van der Waals surface area contributed by atoms with E-state index in [4.69, 9.17) is 0 Å². The van der Waals surface area contributed by atoms with Crippen LogP contribution in [0.25, 0.3) is 0 Å². The van der Waals surface area contributed by atoms with E-state index in [0.717, 1.165) is 0 Å². The predicted octanol–water partition coefficient (Wildman–Crippen LogP) is 2.99. The van der Waals surface area contributed by atoms with Crippen molar-refractivity contribution in [3.8, 4) is 0 Å². The number of nitrogens with zero attached hydrogens (tertiary/aromatic N) is 1. The number of rotatable bonds is 1. The third-order valence-electron chi connectivity index (χ3n) is 1.04. The molecule has 0 bridgehead atoms. The molecule has 1 atom stereocenters. The minimum atomic E-state index is -1.26. The van der Waals surface area contributed by atoms with E-state index in [9.17, 15) is 4.21 Å². The number of hydrogen-bond donors (Lipinski definition) is 0. The normalized spacial score (nSPS) is 14.2. The zero-order valence-corrected chi connectivity index (χ0v) is 11.3. The Labute approximate surface area is 98.0 Å². The number of halogens is 3. The maximum atomic E-state index is 11.6. The Balaban J connectivity index is 2.94. The van der Waals surface area contributed by atoms with E-state index in [2.05, 4.69) is 52.8 Å². The summed E-state index contributed by atoms with van der Waals surface area (Å²) in [6.45, 7) is 0. The summed E-state index contributed by atoms with van der Waals surface area (Å²) in [5, 5.41) is 0.517. The zero-order valence-electron chi connectivity index (χ0n) is 5.71. The smallest absolute Gasteiger partial charge is 0.215 e. The van der Waals surface area contributed by atoms with Crippen LogP contribution in [0.1, 0.15) is 0 Å². The standard InChI is InChI=1S/C6H4Br3NOS/c7-6(8,9)12(11)5-3-1-2-4-10-5/h1-4H/t12-/m1/s1. The lowest BCUT2D eigenvalue weighted by atomic mass is 10.5. The molecule has 1 aromatic rings. The van der Waals surface area contributed by atoms with Crippen LogP contribution in [0, 0.1) is 0 Å². The lowest BCUT2D eigenvalue weighted by Crippen LogP contribution is -2.10. The average molecular weight is 378 g/mol. The molecule has 0 fully saturated rings. The Morgan fingerprint density at radius 3 is 2.42 bits per heavy atom. The van der Waals surface area contributed by atoms with Crippen LogP contribution in [0.2, 0.25) is 0 Å². The van der Waals surface area contributed by atoms with E-state index in [-0.39, 0.29) is 0 Å². The van der Waals surface area contributed by atoms with Gasteiger partial charge in [0.2, 0.25) is 1.47 Å². The van der Waals surface area contributed by atoms with Gasteiger partial charge in [-0.1, -0.05) is 6.07 Å². The predicted molar refractivity (Wildman–Crippen MR) is 60.2 cm³/mol. The summed E-state index contributed by atoms with van der Waals surface area (Å²) in [6.07, 6.45) is 1.60. The molecule has 1 heterocycles. The van der Waals surface area contributed by atoms with E-state index in [1.54, 1.807) is 24.4 Å². The molecule has 0 saturated heterocycles. The molecule has 1 aromatic heterocycles. The minimum Gasteiger partial charge on any atom is -0.249 e. The fourth-order valence-corrected chi connectivity index (χ4v) is 2.66. The molecule has 0 radical (unpaired) electrons. The van der Waals surface area contributed by atoms with Crippen molar-refractivity contribution < 1.29 is 4.21 Å². The second-order valence-corrected chi connectivity index (χ2v) is 11.8. The molecule has 0 aliphatic carbocycles. The number of alkyl halides is 3. The molecule has 2 nitrogen and oxygen atoms in total. The molecule has 6 heteroatoms. The van der Waals surface area contributed by atoms with Gasteiger partial charge >= 0.3 is 0 Å². The van der Waals surface area contributed by atoms with Crippen molar-refractivity contribution >= 4 is 58.6 Å². The topological polar surface area (TPSA) is 30.0 Å². The van der Waals surface area contributed by atoms with E-state index in [0.29, 0.717) is 5.03 Å². The first-order valence-corrected chi connectivity index (χ1v) is 6.44. The van der Waals surface area contributed by atoms with Crippen LogP contribution in [0.3, 0.4) is 0 Å². The van der Waals surface area contributed by atoms with Crippen molar-refractivity contribution in [2.24, 2.45) is 0 Å². The van der Waals surface area contributed by atoms with Crippen LogP contribution in [-0.4, -0.2) is 10.7 Å². The van der Waals surface area contributed by atoms with E-state index in [1.165, 1.54) is 0 Å². The Morgan fingerprint density at radius 2 is 2.00 bits per heavy atom. The van der Waals surface area contributed by atoms with Crippen LogP contribution < -0.4 is 0 Å². The fourth-order valence-electron chi connectivity index (χ4n) is 0.575. The molecule has 66 valence electrons. The second kappa shape index (κ2) is 4.30. The van der Waals surface area contributed by atoms with Gasteiger partial charge in [0, 0.05) is 6.20 Å². The first kappa shape index (κ1) is 10.8. The van der Waals surface area contributed by atoms with Crippen LogP contribution >= 0.6 is 47.8 Å². The summed E-state index contributed by atoms with van der Waals surface area (Å²) in [4.78, 5) is 3.95. The van der Waals surface area contributed by atoms with Crippen LogP contribution in [-0.2, 0) is 10.8 Å². The number of aromatic nitrogens is 1. The highest BCUT2D eigenvalue weighted by Crippen LogP contribution is 2.39. The highest BCUT2D eigenvalue weighted by atomic mass is 80.0. The van der Waals surface area contributed by atoms with Crippen molar-refractivity contribution in [1.29, 1.82) is 0 Å². The van der Waals surface area contributed by atoms with Gasteiger partial charge in [0.15, 0.2) is 0 Å². The molecule has 0 N–H and O–H groups in total. The average Bonchev–Trinajstić information content (AvgIpc) is 2.03. The summed E-state index contributed by atoms with van der Waals surface area (Å²) in [5.74, 6) is 0. The lowest BCUT2D eigenvalue weighted by molar-refractivity contribution is 0.682. The van der Waals surface area contributed by atoms with Gasteiger partial charge in [-0.05, 0) is 59.9 Å². The van der Waals surface area contributed by atoms with E-state index in [1.807, 2.05) is 0 Å². The Hall–Kier alpha value is 0.740. The minimum absolute atomic E-state index is 0.517. The molecule has 0 aliphatic rings. The second-order valence-electron chi connectivity index (χ2n) is 1.88. The molecule has 0 unspecified atom stereocenters. The van der Waals surface area contributed by atoms with Gasteiger partial charge in [-0.25, -0.2) is 9.19 Å². The molecular formula is C6H4Br3NOS. The summed E-state index contributed by atoms with van der Waals surface area (Å²) in [7, 11) is -1.26. The third kappa shape index (κ3) is 2.90. The highest BCUT2D eigenvalue weighted by Gasteiger charge is 2.28. The summed E-state index contributed by atoms with van der Waals surface area (Å²) in [5.41, 5.74) is 0. The quantitative estimate of drug-likeness (QED) is 0.704. The summed E-state index contributed by atoms with van der Waals surface area (Å²) in [6, 6.07) is 5.27. The van der Waals surface area contributed by atoms with E-state index >= 15 is 0 Å². The Morgan fingerprint density at radius 1 is 1.33 bits per heavy atom. The van der Waals surface area contributed by atoms with Crippen LogP contribution in [0.5, 0.6) is 0 Å². The first-order valence-electron chi connectivity index (χ1n) is 2.91. The third-order valence-corrected chi connectivity index (χ3v) is 4.73. The zero-order chi connectivity index (χ0) is 9.19. The van der Waals surface area contributed by atoms with Gasteiger partial charge in [-0.15, -0.1) is 0 Å². The van der Waals surface area contributed by atoms with Gasteiger partial charge in [0.1, 0.15) is 15.8 Å². The Bertz CT molecular complexity index is 285. The first-order chi connectivity index (χ1) is 5.52. The monoisotopic (exact) mass is 375 g/mol. The van der Waals surface area contributed by atoms with Gasteiger partial charge in [0.25, 0.3) is 0 Å². The van der Waals surface area contributed by atoms with E-state index < -0.39 is 12.3 Å². The number of pyridine rings is 1. The molecule has 1 rings (SSSR count). The molecule has 0 aromatic carbocycles. The maximum Gasteiger partial charge on any atom is 0.215 e. The largest absolute Gasteiger partial charge is 0.249 e. The van der Waals surface area contributed by atoms with Crippen molar-refractivity contribution in [3.05, 3.63) is 24.4 Å². The molecule has 0 aliphatic heterocycles. The number of hydrogen-bond acceptors (Lipinski definition) is 2. The summed E-state index contributed by atoms with van der Waals surface area (Å²) < 4.78 is 10.8. The van der Waals surface area contributed by atoms with Crippen LogP contribution in [0.15, 0.2) is 29.4 Å². The van der Waals surface area contributed by atoms with Gasteiger partial charge in [0.05, 0.1) is 0 Å². The van der Waals surface area contributed by atoms with Gasteiger partial charge in [-0.3, -0.25) is 0 Å². The molecule has 0 amide bonds. The van der Waals surface area contributed by atoms with Crippen molar-refractivity contribution in [1.82, 2.24) is 4.98 Å². The lowest BCUT2D eigenvalue weighted by Gasteiger charge is -2.09. The SMILES string of the molecule is O=[S@](c1ccccn1)C(Br)(Br)Br. The molecular weight excluding hydrogens is 374 g/mol.